The molecule has 84 valence electrons. The maximum absolute atomic E-state index is 11.2. The zero-order valence-corrected chi connectivity index (χ0v) is 8.10. The van der Waals surface area contributed by atoms with Gasteiger partial charge in [0.2, 0.25) is 0 Å². The number of carbonyl (C=O) groups excluding carboxylic acids is 2. The minimum Gasteiger partial charge on any atom is -0.479 e. The van der Waals surface area contributed by atoms with Gasteiger partial charge in [-0.05, 0) is 6.92 Å². The first-order valence-corrected chi connectivity index (χ1v) is 4.21. The molecule has 1 saturated heterocycles. The fraction of sp³-hybridized carbons (Fsp3) is 0.625. The number of carboxylic acid groups (broad SMARTS) is 1. The molecule has 1 aliphatic heterocycles. The largest absolute Gasteiger partial charge is 0.479 e. The number of β-amino-alcohol motifs (C(OH)–C–C–N with tert-alkyl or cyclic N) is 1. The van der Waals surface area contributed by atoms with Gasteiger partial charge in [-0.3, -0.25) is 14.5 Å². The maximum Gasteiger partial charge on any atom is 0.337 e. The molecule has 1 heterocycles. The summed E-state index contributed by atoms with van der Waals surface area (Å²) in [6.07, 6.45) is 0. The molecular weight excluding hydrogens is 206 g/mol. The Balaban J connectivity index is 2.75. The average molecular weight is 217 g/mol. The second-order valence-electron chi connectivity index (χ2n) is 3.45. The summed E-state index contributed by atoms with van der Waals surface area (Å²) in [5.41, 5.74) is -2.14. The Labute approximate surface area is 85.2 Å². The number of morpholine rings is 1. The molecular formula is C8H11NO6. The molecule has 1 aliphatic rings. The lowest BCUT2D eigenvalue weighted by molar-refractivity contribution is -0.168. The third-order valence-corrected chi connectivity index (χ3v) is 1.98. The lowest BCUT2D eigenvalue weighted by atomic mass is 10.1. The van der Waals surface area contributed by atoms with Gasteiger partial charge in [-0.2, -0.15) is 0 Å². The van der Waals surface area contributed by atoms with Crippen LogP contribution in [0.15, 0.2) is 0 Å². The molecule has 2 amide bonds. The quantitative estimate of drug-likeness (QED) is 0.541. The van der Waals surface area contributed by atoms with Crippen LogP contribution in [0.25, 0.3) is 0 Å². The molecule has 0 aromatic heterocycles. The second kappa shape index (κ2) is 3.95. The Morgan fingerprint density at radius 3 is 2.33 bits per heavy atom. The van der Waals surface area contributed by atoms with Crippen LogP contribution in [0.3, 0.4) is 0 Å². The van der Waals surface area contributed by atoms with Gasteiger partial charge in [-0.1, -0.05) is 0 Å². The lowest BCUT2D eigenvalue weighted by Gasteiger charge is -2.29. The van der Waals surface area contributed by atoms with Crippen molar-refractivity contribution in [2.24, 2.45) is 0 Å². The number of hydrogen-bond acceptors (Lipinski definition) is 5. The zero-order chi connectivity index (χ0) is 11.6. The van der Waals surface area contributed by atoms with Crippen molar-refractivity contribution in [3.63, 3.8) is 0 Å². The van der Waals surface area contributed by atoms with E-state index in [-0.39, 0.29) is 13.2 Å². The van der Waals surface area contributed by atoms with Gasteiger partial charge < -0.3 is 14.9 Å². The highest BCUT2D eigenvalue weighted by atomic mass is 16.5. The number of aliphatic hydroxyl groups is 1. The van der Waals surface area contributed by atoms with Crippen LogP contribution in [0, 0.1) is 0 Å². The summed E-state index contributed by atoms with van der Waals surface area (Å²) < 4.78 is 4.63. The topological polar surface area (TPSA) is 104 Å². The van der Waals surface area contributed by atoms with Crippen molar-refractivity contribution >= 4 is 17.8 Å². The number of aliphatic carboxylic acids is 1. The highest BCUT2D eigenvalue weighted by molar-refractivity contribution is 5.98. The smallest absolute Gasteiger partial charge is 0.337 e. The van der Waals surface area contributed by atoms with E-state index in [1.54, 1.807) is 0 Å². The van der Waals surface area contributed by atoms with Crippen molar-refractivity contribution in [3.05, 3.63) is 0 Å². The molecule has 15 heavy (non-hydrogen) atoms. The van der Waals surface area contributed by atoms with E-state index in [2.05, 4.69) is 4.74 Å². The Hall–Kier alpha value is -1.47. The van der Waals surface area contributed by atoms with Crippen molar-refractivity contribution in [1.29, 1.82) is 0 Å². The molecule has 0 aromatic rings. The zero-order valence-electron chi connectivity index (χ0n) is 8.10. The second-order valence-corrected chi connectivity index (χ2v) is 3.45. The third-order valence-electron chi connectivity index (χ3n) is 1.98. The van der Waals surface area contributed by atoms with Crippen molar-refractivity contribution < 1.29 is 29.3 Å². The molecule has 1 fully saturated rings. The van der Waals surface area contributed by atoms with Gasteiger partial charge in [0, 0.05) is 0 Å². The van der Waals surface area contributed by atoms with Crippen LogP contribution in [0.2, 0.25) is 0 Å². The van der Waals surface area contributed by atoms with Gasteiger partial charge >= 0.3 is 5.97 Å². The van der Waals surface area contributed by atoms with Crippen LogP contribution in [0.1, 0.15) is 6.92 Å². The van der Waals surface area contributed by atoms with Crippen LogP contribution in [-0.4, -0.2) is 58.3 Å². The normalized spacial score (nSPS) is 21.3. The summed E-state index contributed by atoms with van der Waals surface area (Å²) in [6, 6.07) is 0. The highest BCUT2D eigenvalue weighted by Gasteiger charge is 2.38. The van der Waals surface area contributed by atoms with Gasteiger partial charge in [0.05, 0.1) is 6.54 Å². The number of nitrogens with zero attached hydrogens (tertiary/aromatic N) is 1. The first-order valence-electron chi connectivity index (χ1n) is 4.21. The summed E-state index contributed by atoms with van der Waals surface area (Å²) in [5.74, 6) is -2.78. The van der Waals surface area contributed by atoms with Gasteiger partial charge in [0.1, 0.15) is 13.2 Å². The summed E-state index contributed by atoms with van der Waals surface area (Å²) >= 11 is 0. The Morgan fingerprint density at radius 2 is 1.93 bits per heavy atom. The van der Waals surface area contributed by atoms with Crippen LogP contribution >= 0.6 is 0 Å². The molecule has 1 atom stereocenters. The predicted molar refractivity (Wildman–Crippen MR) is 45.8 cm³/mol. The van der Waals surface area contributed by atoms with E-state index < -0.39 is 29.9 Å². The third kappa shape index (κ3) is 2.51. The molecule has 1 unspecified atom stereocenters. The molecule has 0 bridgehead atoms. The van der Waals surface area contributed by atoms with Gasteiger partial charge in [0.15, 0.2) is 5.60 Å². The molecule has 0 spiro atoms. The van der Waals surface area contributed by atoms with E-state index >= 15 is 0 Å². The maximum atomic E-state index is 11.2. The molecule has 7 nitrogen and oxygen atoms in total. The van der Waals surface area contributed by atoms with Gasteiger partial charge in [-0.25, -0.2) is 4.79 Å². The Bertz CT molecular complexity index is 294. The van der Waals surface area contributed by atoms with E-state index in [4.69, 9.17) is 5.11 Å². The number of carbonyl (C=O) groups is 3. The number of ether oxygens (including phenoxy) is 1. The van der Waals surface area contributed by atoms with Crippen LogP contribution in [0.5, 0.6) is 0 Å². The monoisotopic (exact) mass is 217 g/mol. The predicted octanol–water partition coefficient (Wildman–Crippen LogP) is -1.79. The highest BCUT2D eigenvalue weighted by Crippen LogP contribution is 2.10. The van der Waals surface area contributed by atoms with Crippen molar-refractivity contribution in [1.82, 2.24) is 4.90 Å². The molecule has 2 N–H and O–H groups in total. The molecule has 0 radical (unpaired) electrons. The minimum absolute atomic E-state index is 0.276. The Morgan fingerprint density at radius 1 is 1.47 bits per heavy atom. The van der Waals surface area contributed by atoms with Crippen molar-refractivity contribution in [3.8, 4) is 0 Å². The first-order chi connectivity index (χ1) is 6.84. The summed E-state index contributed by atoms with van der Waals surface area (Å²) in [6.45, 7) is -0.0996. The van der Waals surface area contributed by atoms with Crippen LogP contribution in [-0.2, 0) is 19.1 Å². The number of carboxylic acids is 1. The van der Waals surface area contributed by atoms with Crippen LogP contribution in [0.4, 0.5) is 0 Å². The van der Waals surface area contributed by atoms with Crippen LogP contribution < -0.4 is 0 Å². The number of amides is 2. The SMILES string of the molecule is CC(O)(CN1C(=O)COCC1=O)C(=O)O. The molecule has 0 saturated carbocycles. The molecule has 1 rings (SSSR count). The number of rotatable bonds is 3. The molecule has 0 aromatic carbocycles. The lowest BCUT2D eigenvalue weighted by Crippen LogP contribution is -2.54. The first kappa shape index (κ1) is 11.6. The fourth-order valence-corrected chi connectivity index (χ4v) is 1.07. The van der Waals surface area contributed by atoms with Gasteiger partial charge in [0.25, 0.3) is 11.8 Å². The summed E-state index contributed by atoms with van der Waals surface area (Å²) in [4.78, 5) is 33.6. The van der Waals surface area contributed by atoms with E-state index in [0.29, 0.717) is 4.90 Å². The van der Waals surface area contributed by atoms with E-state index in [1.807, 2.05) is 0 Å². The number of imide groups is 1. The molecule has 7 heteroatoms. The standard InChI is InChI=1S/C8H11NO6/c1-8(14,7(12)13)4-9-5(10)2-15-3-6(9)11/h14H,2-4H2,1H3,(H,12,13). The summed E-state index contributed by atoms with van der Waals surface area (Å²) in [7, 11) is 0. The van der Waals surface area contributed by atoms with Crippen molar-refractivity contribution in [2.75, 3.05) is 19.8 Å². The van der Waals surface area contributed by atoms with Crippen molar-refractivity contribution in [2.45, 2.75) is 12.5 Å². The molecule has 0 aliphatic carbocycles. The van der Waals surface area contributed by atoms with E-state index in [0.717, 1.165) is 6.92 Å². The fourth-order valence-electron chi connectivity index (χ4n) is 1.07. The minimum atomic E-state index is -2.14. The van der Waals surface area contributed by atoms with Gasteiger partial charge in [-0.15, -0.1) is 0 Å². The number of hydrogen-bond donors (Lipinski definition) is 2. The summed E-state index contributed by atoms with van der Waals surface area (Å²) in [5, 5.41) is 18.0. The van der Waals surface area contributed by atoms with E-state index in [1.165, 1.54) is 0 Å². The van der Waals surface area contributed by atoms with E-state index in [9.17, 15) is 19.5 Å². The Kier molecular flexibility index (Phi) is 3.06. The average Bonchev–Trinajstić information content (AvgIpc) is 2.11.